The van der Waals surface area contributed by atoms with Gasteiger partial charge in [0.1, 0.15) is 5.75 Å². The second-order valence-electron chi connectivity index (χ2n) is 10.2. The molecule has 2 aromatic carbocycles. The monoisotopic (exact) mass is 526 g/mol. The number of aromatic nitrogens is 3. The molecule has 202 valence electrons. The van der Waals surface area contributed by atoms with E-state index >= 15 is 0 Å². The van der Waals surface area contributed by atoms with Gasteiger partial charge in [-0.3, -0.25) is 4.68 Å². The van der Waals surface area contributed by atoms with E-state index in [2.05, 4.69) is 27.2 Å². The lowest BCUT2D eigenvalue weighted by Gasteiger charge is -2.33. The summed E-state index contributed by atoms with van der Waals surface area (Å²) >= 11 is 0. The number of β-amino-alcohol motifs (C(OH)–C–C–N with tert-alkyl or cyclic N) is 1. The van der Waals surface area contributed by atoms with Gasteiger partial charge < -0.3 is 19.7 Å². The smallest absolute Gasteiger partial charge is 0.416 e. The molecule has 1 unspecified atom stereocenters. The van der Waals surface area contributed by atoms with Crippen molar-refractivity contribution in [2.45, 2.75) is 51.4 Å². The van der Waals surface area contributed by atoms with E-state index in [1.165, 1.54) is 23.1 Å². The number of alkyl halides is 3. The van der Waals surface area contributed by atoms with Crippen molar-refractivity contribution >= 4 is 10.9 Å². The van der Waals surface area contributed by atoms with Gasteiger partial charge in [-0.2, -0.15) is 18.3 Å². The molecular formula is C29H33F3N4O2. The van der Waals surface area contributed by atoms with E-state index in [0.29, 0.717) is 30.3 Å². The van der Waals surface area contributed by atoms with Crippen molar-refractivity contribution in [1.82, 2.24) is 19.7 Å². The second-order valence-corrected chi connectivity index (χ2v) is 10.2. The Labute approximate surface area is 220 Å². The molecule has 0 aliphatic carbocycles. The highest BCUT2D eigenvalue weighted by Crippen LogP contribution is 2.35. The predicted molar refractivity (Wildman–Crippen MR) is 141 cm³/mol. The molecule has 1 fully saturated rings. The van der Waals surface area contributed by atoms with Crippen LogP contribution in [0.1, 0.15) is 41.1 Å². The van der Waals surface area contributed by atoms with Gasteiger partial charge in [-0.15, -0.1) is 0 Å². The number of aliphatic hydroxyl groups excluding tert-OH is 1. The molecule has 0 amide bonds. The van der Waals surface area contributed by atoms with E-state index in [9.17, 15) is 18.3 Å². The van der Waals surface area contributed by atoms with Gasteiger partial charge in [-0.25, -0.2) is 0 Å². The zero-order valence-electron chi connectivity index (χ0n) is 21.8. The minimum Gasteiger partial charge on any atom is -0.497 e. The van der Waals surface area contributed by atoms with Crippen molar-refractivity contribution in [3.05, 3.63) is 71.0 Å². The minimum atomic E-state index is -4.37. The largest absolute Gasteiger partial charge is 0.497 e. The van der Waals surface area contributed by atoms with E-state index in [4.69, 9.17) is 4.74 Å². The van der Waals surface area contributed by atoms with E-state index < -0.39 is 17.8 Å². The average Bonchev–Trinajstić information content (AvgIpc) is 3.44. The molecule has 4 aromatic rings. The fourth-order valence-corrected chi connectivity index (χ4v) is 5.47. The van der Waals surface area contributed by atoms with Crippen LogP contribution in [0.25, 0.3) is 22.2 Å². The number of nitrogens with zero attached hydrogens (tertiary/aromatic N) is 3. The second kappa shape index (κ2) is 10.5. The third-order valence-corrected chi connectivity index (χ3v) is 7.79. The maximum atomic E-state index is 12.9. The van der Waals surface area contributed by atoms with Crippen LogP contribution in [0.15, 0.2) is 48.7 Å². The lowest BCUT2D eigenvalue weighted by molar-refractivity contribution is -0.137. The molecular weight excluding hydrogens is 493 g/mol. The average molecular weight is 527 g/mol. The number of hydrogen-bond acceptors (Lipinski definition) is 4. The highest BCUT2D eigenvalue weighted by atomic mass is 19.4. The van der Waals surface area contributed by atoms with Crippen LogP contribution >= 0.6 is 0 Å². The molecule has 38 heavy (non-hydrogen) atoms. The van der Waals surface area contributed by atoms with E-state index in [1.54, 1.807) is 11.8 Å². The number of ether oxygens (including phenoxy) is 1. The molecule has 0 saturated carbocycles. The summed E-state index contributed by atoms with van der Waals surface area (Å²) in [6.45, 7) is 6.49. The van der Waals surface area contributed by atoms with Gasteiger partial charge in [0.25, 0.3) is 0 Å². The van der Waals surface area contributed by atoms with E-state index in [1.807, 2.05) is 26.0 Å². The van der Waals surface area contributed by atoms with Gasteiger partial charge in [0.05, 0.1) is 31.0 Å². The molecule has 3 heterocycles. The number of rotatable bonds is 7. The topological polar surface area (TPSA) is 66.3 Å². The lowest BCUT2D eigenvalue weighted by Crippen LogP contribution is -2.39. The van der Waals surface area contributed by atoms with Crippen molar-refractivity contribution in [2.75, 3.05) is 26.7 Å². The van der Waals surface area contributed by atoms with Crippen LogP contribution in [0.4, 0.5) is 13.2 Å². The fraction of sp³-hybridized carbons (Fsp3) is 0.414. The summed E-state index contributed by atoms with van der Waals surface area (Å²) in [4.78, 5) is 5.66. The number of aliphatic hydroxyl groups is 1. The summed E-state index contributed by atoms with van der Waals surface area (Å²) in [5.74, 6) is 1.30. The van der Waals surface area contributed by atoms with Crippen LogP contribution in [0, 0.1) is 13.8 Å². The third kappa shape index (κ3) is 5.31. The fourth-order valence-electron chi connectivity index (χ4n) is 5.47. The van der Waals surface area contributed by atoms with Gasteiger partial charge in [0, 0.05) is 34.9 Å². The SMILES string of the molecule is COc1ccc2[nH]cc(C3CCN(CC(O)Cn4nc(-c5ccc(C(F)(F)F)cc5)c(C)c4C)CC3)c2c1. The van der Waals surface area contributed by atoms with Gasteiger partial charge in [-0.1, -0.05) is 12.1 Å². The predicted octanol–water partition coefficient (Wildman–Crippen LogP) is 5.92. The summed E-state index contributed by atoms with van der Waals surface area (Å²) in [5.41, 5.74) is 4.80. The minimum absolute atomic E-state index is 0.329. The highest BCUT2D eigenvalue weighted by molar-refractivity contribution is 5.85. The summed E-state index contributed by atoms with van der Waals surface area (Å²) in [6.07, 6.45) is -0.854. The molecule has 0 spiro atoms. The van der Waals surface area contributed by atoms with Gasteiger partial charge >= 0.3 is 6.18 Å². The summed E-state index contributed by atoms with van der Waals surface area (Å²) in [7, 11) is 1.68. The van der Waals surface area contributed by atoms with Crippen molar-refractivity contribution in [3.63, 3.8) is 0 Å². The zero-order valence-corrected chi connectivity index (χ0v) is 21.8. The first-order valence-electron chi connectivity index (χ1n) is 12.9. The number of methoxy groups -OCH3 is 1. The zero-order chi connectivity index (χ0) is 27.0. The first-order chi connectivity index (χ1) is 18.1. The quantitative estimate of drug-likeness (QED) is 0.314. The third-order valence-electron chi connectivity index (χ3n) is 7.79. The highest BCUT2D eigenvalue weighted by Gasteiger charge is 2.30. The molecule has 2 aromatic heterocycles. The molecule has 2 N–H and O–H groups in total. The van der Waals surface area contributed by atoms with Crippen LogP contribution in [0.3, 0.4) is 0 Å². The Hall–Kier alpha value is -3.30. The Morgan fingerprint density at radius 3 is 2.45 bits per heavy atom. The van der Waals surface area contributed by atoms with Crippen LogP contribution in [0.5, 0.6) is 5.75 Å². The number of hydrogen-bond donors (Lipinski definition) is 2. The van der Waals surface area contributed by atoms with Gasteiger partial charge in [0.15, 0.2) is 0 Å². The molecule has 1 atom stereocenters. The summed E-state index contributed by atoms with van der Waals surface area (Å²) in [6, 6.07) is 11.2. The molecule has 9 heteroatoms. The number of nitrogens with one attached hydrogen (secondary N) is 1. The first kappa shape index (κ1) is 26.3. The molecule has 1 aliphatic rings. The first-order valence-corrected chi connectivity index (χ1v) is 12.9. The number of aromatic amines is 1. The number of benzene rings is 2. The number of likely N-dealkylation sites (tertiary alicyclic amines) is 1. The van der Waals surface area contributed by atoms with Crippen molar-refractivity contribution in [3.8, 4) is 17.0 Å². The Kier molecular flexibility index (Phi) is 7.24. The summed E-state index contributed by atoms with van der Waals surface area (Å²) in [5, 5.41) is 16.7. The Balaban J connectivity index is 1.20. The van der Waals surface area contributed by atoms with Crippen molar-refractivity contribution < 1.29 is 23.0 Å². The van der Waals surface area contributed by atoms with E-state index in [-0.39, 0.29) is 0 Å². The molecule has 0 bridgehead atoms. The van der Waals surface area contributed by atoms with Gasteiger partial charge in [0.2, 0.25) is 0 Å². The normalized spacial score (nSPS) is 16.3. The van der Waals surface area contributed by atoms with Gasteiger partial charge in [-0.05, 0) is 87.2 Å². The van der Waals surface area contributed by atoms with E-state index in [0.717, 1.165) is 60.6 Å². The molecule has 5 rings (SSSR count). The van der Waals surface area contributed by atoms with Crippen LogP contribution in [-0.2, 0) is 12.7 Å². The standard InChI is InChI=1S/C29H33F3N4O2/c1-18-19(2)36(34-28(18)21-4-6-22(7-5-21)29(30,31)32)17-23(37)16-35-12-10-20(11-13-35)26-15-33-27-9-8-24(38-3)14-25(26)27/h4-9,14-15,20,23,33,37H,10-13,16-17H2,1-3H3. The summed E-state index contributed by atoms with van der Waals surface area (Å²) < 4.78 is 46.0. The van der Waals surface area contributed by atoms with Crippen LogP contribution in [-0.4, -0.2) is 57.6 Å². The Morgan fingerprint density at radius 1 is 1.08 bits per heavy atom. The maximum Gasteiger partial charge on any atom is 0.416 e. The number of piperidine rings is 1. The van der Waals surface area contributed by atoms with Crippen molar-refractivity contribution in [1.29, 1.82) is 0 Å². The lowest BCUT2D eigenvalue weighted by atomic mass is 9.89. The Morgan fingerprint density at radius 2 is 1.79 bits per heavy atom. The maximum absolute atomic E-state index is 12.9. The molecule has 0 radical (unpaired) electrons. The molecule has 1 saturated heterocycles. The molecule has 1 aliphatic heterocycles. The van der Waals surface area contributed by atoms with Crippen molar-refractivity contribution in [2.24, 2.45) is 0 Å². The Bertz CT molecular complexity index is 1400. The van der Waals surface area contributed by atoms with Crippen LogP contribution < -0.4 is 4.74 Å². The molecule has 6 nitrogen and oxygen atoms in total. The number of fused-ring (bicyclic) bond motifs is 1. The number of H-pyrrole nitrogens is 1. The van der Waals surface area contributed by atoms with Crippen LogP contribution in [0.2, 0.25) is 0 Å². The number of halogens is 3.